The molecule has 0 aromatic heterocycles. The summed E-state index contributed by atoms with van der Waals surface area (Å²) in [7, 11) is 1.45. The maximum Gasteiger partial charge on any atom is 0.325 e. The molecule has 26 heavy (non-hydrogen) atoms. The maximum absolute atomic E-state index is 13.8. The van der Waals surface area contributed by atoms with E-state index in [1.807, 2.05) is 0 Å². The van der Waals surface area contributed by atoms with Crippen molar-refractivity contribution in [3.63, 3.8) is 0 Å². The maximum atomic E-state index is 13.8. The monoisotopic (exact) mass is 365 g/mol. The van der Waals surface area contributed by atoms with Crippen LogP contribution in [0.15, 0.2) is 18.2 Å². The molecule has 1 atom stereocenters. The molecule has 0 bridgehead atoms. The first-order valence-electron chi connectivity index (χ1n) is 8.60. The number of likely N-dealkylation sites (N-methyl/N-ethyl adjacent to an activating group) is 1. The third-order valence-electron chi connectivity index (χ3n) is 5.19. The molecule has 1 saturated carbocycles. The van der Waals surface area contributed by atoms with Crippen molar-refractivity contribution in [3.05, 3.63) is 35.4 Å². The summed E-state index contributed by atoms with van der Waals surface area (Å²) in [5.41, 5.74) is -0.730. The molecule has 2 fully saturated rings. The zero-order valence-electron chi connectivity index (χ0n) is 14.7. The van der Waals surface area contributed by atoms with Gasteiger partial charge >= 0.3 is 6.03 Å². The van der Waals surface area contributed by atoms with Gasteiger partial charge in [-0.05, 0) is 25.8 Å². The van der Waals surface area contributed by atoms with Gasteiger partial charge in [0.15, 0.2) is 0 Å². The number of nitrogens with one attached hydrogen (secondary N) is 1. The predicted molar refractivity (Wildman–Crippen MR) is 88.9 cm³/mol. The Morgan fingerprint density at radius 2 is 1.96 bits per heavy atom. The lowest BCUT2D eigenvalue weighted by Gasteiger charge is -2.27. The first kappa shape index (κ1) is 18.3. The van der Waals surface area contributed by atoms with E-state index in [0.29, 0.717) is 12.8 Å². The number of halogens is 2. The normalized spacial score (nSPS) is 19.8. The summed E-state index contributed by atoms with van der Waals surface area (Å²) < 4.78 is 26.8. The van der Waals surface area contributed by atoms with Gasteiger partial charge in [-0.2, -0.15) is 0 Å². The first-order chi connectivity index (χ1) is 12.2. The van der Waals surface area contributed by atoms with E-state index in [0.717, 1.165) is 29.9 Å². The lowest BCUT2D eigenvalue weighted by atomic mass is 9.97. The van der Waals surface area contributed by atoms with Crippen LogP contribution in [0.4, 0.5) is 13.6 Å². The van der Waals surface area contributed by atoms with Crippen LogP contribution in [0.3, 0.4) is 0 Å². The van der Waals surface area contributed by atoms with Crippen LogP contribution in [0.1, 0.15) is 38.2 Å². The molecule has 1 aromatic carbocycles. The van der Waals surface area contributed by atoms with Gasteiger partial charge in [0.05, 0.1) is 0 Å². The molecule has 1 aliphatic heterocycles. The van der Waals surface area contributed by atoms with Crippen molar-refractivity contribution < 1.29 is 23.2 Å². The molecular weight excluding hydrogens is 344 g/mol. The van der Waals surface area contributed by atoms with Crippen molar-refractivity contribution >= 4 is 17.8 Å². The molecule has 8 heteroatoms. The smallest absolute Gasteiger partial charge is 0.325 e. The summed E-state index contributed by atoms with van der Waals surface area (Å²) in [6.45, 7) is 1.38. The first-order valence-corrected chi connectivity index (χ1v) is 8.60. The third-order valence-corrected chi connectivity index (χ3v) is 5.19. The van der Waals surface area contributed by atoms with Crippen LogP contribution < -0.4 is 5.32 Å². The van der Waals surface area contributed by atoms with Crippen molar-refractivity contribution in [3.8, 4) is 0 Å². The molecule has 1 saturated heterocycles. The van der Waals surface area contributed by atoms with Crippen molar-refractivity contribution in [2.45, 2.75) is 50.7 Å². The van der Waals surface area contributed by atoms with E-state index in [1.165, 1.54) is 24.9 Å². The second-order valence-electron chi connectivity index (χ2n) is 7.00. The van der Waals surface area contributed by atoms with E-state index in [2.05, 4.69) is 5.32 Å². The van der Waals surface area contributed by atoms with Gasteiger partial charge in [0.2, 0.25) is 5.91 Å². The fourth-order valence-electron chi connectivity index (χ4n) is 3.72. The Bertz CT molecular complexity index is 762. The number of benzene rings is 1. The molecule has 140 valence electrons. The van der Waals surface area contributed by atoms with Gasteiger partial charge in [-0.25, -0.2) is 18.5 Å². The molecule has 1 heterocycles. The second kappa shape index (κ2) is 6.66. The Morgan fingerprint density at radius 1 is 1.31 bits per heavy atom. The highest BCUT2D eigenvalue weighted by Gasteiger charge is 2.54. The fourth-order valence-corrected chi connectivity index (χ4v) is 3.72. The van der Waals surface area contributed by atoms with Gasteiger partial charge in [0.1, 0.15) is 23.2 Å². The Kier molecular flexibility index (Phi) is 4.68. The highest BCUT2D eigenvalue weighted by atomic mass is 19.1. The van der Waals surface area contributed by atoms with Crippen LogP contribution in [0.25, 0.3) is 0 Å². The average molecular weight is 365 g/mol. The summed E-state index contributed by atoms with van der Waals surface area (Å²) in [6, 6.07) is 1.55. The molecular formula is C18H21F2N3O3. The zero-order valence-corrected chi connectivity index (χ0v) is 14.7. The molecule has 4 amide bonds. The summed E-state index contributed by atoms with van der Waals surface area (Å²) in [6.07, 6.45) is 2.86. The van der Waals surface area contributed by atoms with Gasteiger partial charge in [-0.1, -0.05) is 18.9 Å². The van der Waals surface area contributed by atoms with Crippen molar-refractivity contribution in [2.75, 3.05) is 7.05 Å². The highest BCUT2D eigenvalue weighted by molar-refractivity contribution is 6.09. The lowest BCUT2D eigenvalue weighted by Crippen LogP contribution is -2.50. The van der Waals surface area contributed by atoms with Crippen LogP contribution in [0.5, 0.6) is 0 Å². The SMILES string of the molecule is CC(C(=O)N(C)Cc1ccc(F)cc1F)N1C(=O)NC2(CCCC2)C1=O. The van der Waals surface area contributed by atoms with Gasteiger partial charge in [0.25, 0.3) is 5.91 Å². The number of nitrogens with zero attached hydrogens (tertiary/aromatic N) is 2. The summed E-state index contributed by atoms with van der Waals surface area (Å²) in [4.78, 5) is 39.9. The Balaban J connectivity index is 1.72. The van der Waals surface area contributed by atoms with Crippen LogP contribution in [-0.2, 0) is 16.1 Å². The van der Waals surface area contributed by atoms with Crippen molar-refractivity contribution in [2.24, 2.45) is 0 Å². The molecule has 2 aliphatic rings. The Morgan fingerprint density at radius 3 is 2.58 bits per heavy atom. The molecule has 1 aliphatic carbocycles. The number of hydrogen-bond donors (Lipinski definition) is 1. The average Bonchev–Trinajstić information content (AvgIpc) is 3.14. The van der Waals surface area contributed by atoms with E-state index in [1.54, 1.807) is 0 Å². The van der Waals surface area contributed by atoms with Crippen LogP contribution >= 0.6 is 0 Å². The molecule has 1 N–H and O–H groups in total. The van der Waals surface area contributed by atoms with Crippen LogP contribution in [-0.4, -0.2) is 46.3 Å². The van der Waals surface area contributed by atoms with Gasteiger partial charge in [-0.15, -0.1) is 0 Å². The number of rotatable bonds is 4. The second-order valence-corrected chi connectivity index (χ2v) is 7.00. The number of hydrogen-bond acceptors (Lipinski definition) is 3. The van der Waals surface area contributed by atoms with E-state index in [-0.39, 0.29) is 18.0 Å². The lowest BCUT2D eigenvalue weighted by molar-refractivity contribution is -0.142. The fraction of sp³-hybridized carbons (Fsp3) is 0.500. The molecule has 6 nitrogen and oxygen atoms in total. The molecule has 1 aromatic rings. The van der Waals surface area contributed by atoms with E-state index >= 15 is 0 Å². The number of carbonyl (C=O) groups excluding carboxylic acids is 3. The minimum absolute atomic E-state index is 0.0932. The van der Waals surface area contributed by atoms with E-state index in [9.17, 15) is 23.2 Å². The molecule has 3 rings (SSSR count). The van der Waals surface area contributed by atoms with Crippen molar-refractivity contribution in [1.29, 1.82) is 0 Å². The quantitative estimate of drug-likeness (QED) is 0.832. The molecule has 1 unspecified atom stereocenters. The summed E-state index contributed by atoms with van der Waals surface area (Å²) >= 11 is 0. The van der Waals surface area contributed by atoms with E-state index in [4.69, 9.17) is 0 Å². The largest absolute Gasteiger partial charge is 0.340 e. The van der Waals surface area contributed by atoms with Crippen molar-refractivity contribution in [1.82, 2.24) is 15.1 Å². The van der Waals surface area contributed by atoms with Crippen LogP contribution in [0, 0.1) is 11.6 Å². The van der Waals surface area contributed by atoms with Gasteiger partial charge in [-0.3, -0.25) is 9.59 Å². The number of amides is 4. The number of carbonyl (C=O) groups is 3. The third kappa shape index (κ3) is 3.04. The minimum atomic E-state index is -1.00. The minimum Gasteiger partial charge on any atom is -0.340 e. The topological polar surface area (TPSA) is 69.7 Å². The van der Waals surface area contributed by atoms with Gasteiger partial charge in [0, 0.05) is 25.2 Å². The van der Waals surface area contributed by atoms with Crippen LogP contribution in [0.2, 0.25) is 0 Å². The standard InChI is InChI=1S/C18H21F2N3O3/c1-11(23-16(25)18(21-17(23)26)7-3-4-8-18)15(24)22(2)10-12-5-6-13(19)9-14(12)20/h5-6,9,11H,3-4,7-8,10H2,1-2H3,(H,21,26). The van der Waals surface area contributed by atoms with E-state index < -0.39 is 35.2 Å². The summed E-state index contributed by atoms with van der Waals surface area (Å²) in [5, 5.41) is 2.73. The predicted octanol–water partition coefficient (Wildman–Crippen LogP) is 2.18. The molecule has 1 spiro atoms. The van der Waals surface area contributed by atoms with Gasteiger partial charge < -0.3 is 10.2 Å². The number of urea groups is 1. The number of imide groups is 1. The Hall–Kier alpha value is -2.51. The summed E-state index contributed by atoms with van der Waals surface area (Å²) in [5.74, 6) is -2.32. The zero-order chi connectivity index (χ0) is 19.1. The molecule has 0 radical (unpaired) electrons. The Labute approximate surface area is 150 Å². The highest BCUT2D eigenvalue weighted by Crippen LogP contribution is 2.35.